The third-order valence-corrected chi connectivity index (χ3v) is 3.51. The minimum atomic E-state index is -0.0785. The number of halogens is 1. The van der Waals surface area contributed by atoms with Gasteiger partial charge in [-0.05, 0) is 18.2 Å². The Morgan fingerprint density at radius 1 is 1.56 bits per heavy atom. The predicted octanol–water partition coefficient (Wildman–Crippen LogP) is 2.80. The molecule has 0 spiro atoms. The number of benzene rings is 1. The van der Waals surface area contributed by atoms with Gasteiger partial charge in [0.2, 0.25) is 5.91 Å². The summed E-state index contributed by atoms with van der Waals surface area (Å²) in [4.78, 5) is 15.9. The van der Waals surface area contributed by atoms with Crippen molar-refractivity contribution in [2.24, 2.45) is 7.05 Å². The van der Waals surface area contributed by atoms with Gasteiger partial charge in [-0.2, -0.15) is 0 Å². The Morgan fingerprint density at radius 2 is 2.39 bits per heavy atom. The van der Waals surface area contributed by atoms with E-state index in [4.69, 9.17) is 11.6 Å². The van der Waals surface area contributed by atoms with Gasteiger partial charge in [0.1, 0.15) is 0 Å². The Balaban J connectivity index is 1.88. The first-order valence-corrected chi connectivity index (χ1v) is 6.67. The molecule has 0 aliphatic rings. The zero-order chi connectivity index (χ0) is 13.0. The Hall–Kier alpha value is -1.46. The fourth-order valence-electron chi connectivity index (χ4n) is 1.38. The number of nitrogens with one attached hydrogen (secondary N) is 1. The molecule has 1 amide bonds. The van der Waals surface area contributed by atoms with E-state index in [1.54, 1.807) is 30.5 Å². The second-order valence-corrected chi connectivity index (χ2v) is 5.05. The summed E-state index contributed by atoms with van der Waals surface area (Å²) in [5, 5.41) is 4.20. The third kappa shape index (κ3) is 3.51. The molecule has 6 heteroatoms. The van der Waals surface area contributed by atoms with Crippen LogP contribution in [0.2, 0.25) is 5.02 Å². The second kappa shape index (κ2) is 5.93. The number of aromatic nitrogens is 2. The first-order valence-electron chi connectivity index (χ1n) is 5.30. The third-order valence-electron chi connectivity index (χ3n) is 2.22. The zero-order valence-corrected chi connectivity index (χ0v) is 11.3. The molecule has 0 unspecified atom stereocenters. The fraction of sp³-hybridized carbons (Fsp3) is 0.167. The maximum Gasteiger partial charge on any atom is 0.234 e. The Bertz CT molecular complexity index is 556. The molecular formula is C12H12ClN3OS. The number of rotatable bonds is 4. The number of hydrogen-bond acceptors (Lipinski definition) is 3. The number of amides is 1. The van der Waals surface area contributed by atoms with Crippen LogP contribution in [-0.4, -0.2) is 21.2 Å². The number of hydrogen-bond donors (Lipinski definition) is 1. The zero-order valence-electron chi connectivity index (χ0n) is 9.76. The van der Waals surface area contributed by atoms with Gasteiger partial charge in [-0.25, -0.2) is 4.98 Å². The average molecular weight is 282 g/mol. The number of imidazole rings is 1. The number of aryl methyl sites for hydroxylation is 1. The van der Waals surface area contributed by atoms with Crippen LogP contribution in [0.1, 0.15) is 0 Å². The summed E-state index contributed by atoms with van der Waals surface area (Å²) >= 11 is 7.23. The average Bonchev–Trinajstić information content (AvgIpc) is 2.72. The monoisotopic (exact) mass is 281 g/mol. The van der Waals surface area contributed by atoms with E-state index >= 15 is 0 Å². The quantitative estimate of drug-likeness (QED) is 0.877. The molecule has 0 fully saturated rings. The van der Waals surface area contributed by atoms with Gasteiger partial charge < -0.3 is 9.88 Å². The van der Waals surface area contributed by atoms with Gasteiger partial charge >= 0.3 is 0 Å². The van der Waals surface area contributed by atoms with Crippen LogP contribution in [0.25, 0.3) is 0 Å². The molecular weight excluding hydrogens is 270 g/mol. The van der Waals surface area contributed by atoms with Crippen molar-refractivity contribution in [2.45, 2.75) is 5.16 Å². The maximum absolute atomic E-state index is 11.7. The molecule has 2 rings (SSSR count). The molecule has 0 aliphatic carbocycles. The molecule has 18 heavy (non-hydrogen) atoms. The molecule has 0 saturated heterocycles. The van der Waals surface area contributed by atoms with Gasteiger partial charge in [0, 0.05) is 30.2 Å². The van der Waals surface area contributed by atoms with E-state index in [-0.39, 0.29) is 5.91 Å². The van der Waals surface area contributed by atoms with Crippen LogP contribution in [0.5, 0.6) is 0 Å². The van der Waals surface area contributed by atoms with E-state index < -0.39 is 0 Å². The summed E-state index contributed by atoms with van der Waals surface area (Å²) in [6.07, 6.45) is 3.55. The highest BCUT2D eigenvalue weighted by atomic mass is 35.5. The van der Waals surface area contributed by atoms with Crippen LogP contribution in [0.3, 0.4) is 0 Å². The van der Waals surface area contributed by atoms with Crippen molar-refractivity contribution >= 4 is 35.0 Å². The lowest BCUT2D eigenvalue weighted by Crippen LogP contribution is -2.14. The van der Waals surface area contributed by atoms with Crippen molar-refractivity contribution in [3.63, 3.8) is 0 Å². The Labute approximate surface area is 114 Å². The lowest BCUT2D eigenvalue weighted by molar-refractivity contribution is -0.113. The maximum atomic E-state index is 11.7. The molecule has 0 saturated carbocycles. The minimum absolute atomic E-state index is 0.0785. The molecule has 1 heterocycles. The predicted molar refractivity (Wildman–Crippen MR) is 74.0 cm³/mol. The summed E-state index contributed by atoms with van der Waals surface area (Å²) in [6.45, 7) is 0. The minimum Gasteiger partial charge on any atom is -0.329 e. The van der Waals surface area contributed by atoms with Crippen LogP contribution in [0.15, 0.2) is 41.8 Å². The molecule has 4 nitrogen and oxygen atoms in total. The molecule has 1 aromatic heterocycles. The molecule has 1 aromatic carbocycles. The van der Waals surface area contributed by atoms with Gasteiger partial charge in [-0.15, -0.1) is 0 Å². The van der Waals surface area contributed by atoms with Gasteiger partial charge in [0.05, 0.1) is 5.75 Å². The standard InChI is InChI=1S/C12H12ClN3OS/c1-16-6-5-14-12(16)18-8-11(17)15-10-4-2-3-9(13)7-10/h2-7H,8H2,1H3,(H,15,17). The molecule has 0 atom stereocenters. The van der Waals surface area contributed by atoms with Gasteiger partial charge in [0.15, 0.2) is 5.16 Å². The first-order chi connectivity index (χ1) is 8.65. The first kappa shape index (κ1) is 13.0. The Kier molecular flexibility index (Phi) is 4.28. The van der Waals surface area contributed by atoms with E-state index in [0.717, 1.165) is 5.16 Å². The van der Waals surface area contributed by atoms with Gasteiger partial charge in [-0.3, -0.25) is 4.79 Å². The van der Waals surface area contributed by atoms with Crippen molar-refractivity contribution in [3.05, 3.63) is 41.7 Å². The molecule has 2 aromatic rings. The highest BCUT2D eigenvalue weighted by Crippen LogP contribution is 2.17. The smallest absolute Gasteiger partial charge is 0.234 e. The summed E-state index contributed by atoms with van der Waals surface area (Å²) in [6, 6.07) is 7.07. The van der Waals surface area contributed by atoms with Crippen LogP contribution in [0, 0.1) is 0 Å². The van der Waals surface area contributed by atoms with E-state index in [0.29, 0.717) is 16.5 Å². The Morgan fingerprint density at radius 3 is 3.06 bits per heavy atom. The van der Waals surface area contributed by atoms with E-state index in [2.05, 4.69) is 10.3 Å². The topological polar surface area (TPSA) is 46.9 Å². The summed E-state index contributed by atoms with van der Waals surface area (Å²) in [5.41, 5.74) is 0.702. The largest absolute Gasteiger partial charge is 0.329 e. The number of thioether (sulfide) groups is 1. The summed E-state index contributed by atoms with van der Waals surface area (Å²) in [5.74, 6) is 0.238. The number of carbonyl (C=O) groups is 1. The molecule has 0 aliphatic heterocycles. The molecule has 1 N–H and O–H groups in total. The van der Waals surface area contributed by atoms with E-state index in [1.807, 2.05) is 17.8 Å². The van der Waals surface area contributed by atoms with Gasteiger partial charge in [-0.1, -0.05) is 29.4 Å². The van der Waals surface area contributed by atoms with E-state index in [1.165, 1.54) is 11.8 Å². The van der Waals surface area contributed by atoms with Crippen LogP contribution in [-0.2, 0) is 11.8 Å². The highest BCUT2D eigenvalue weighted by molar-refractivity contribution is 7.99. The van der Waals surface area contributed by atoms with Crippen LogP contribution in [0.4, 0.5) is 5.69 Å². The number of carbonyl (C=O) groups excluding carboxylic acids is 1. The van der Waals surface area contributed by atoms with Crippen molar-refractivity contribution < 1.29 is 4.79 Å². The van der Waals surface area contributed by atoms with E-state index in [9.17, 15) is 4.79 Å². The number of nitrogens with zero attached hydrogens (tertiary/aromatic N) is 2. The van der Waals surface area contributed by atoms with Crippen LogP contribution >= 0.6 is 23.4 Å². The number of anilines is 1. The highest BCUT2D eigenvalue weighted by Gasteiger charge is 2.06. The second-order valence-electron chi connectivity index (χ2n) is 3.67. The van der Waals surface area contributed by atoms with Crippen LogP contribution < -0.4 is 5.32 Å². The normalized spacial score (nSPS) is 10.3. The van der Waals surface area contributed by atoms with Gasteiger partial charge in [0.25, 0.3) is 0 Å². The molecule has 0 radical (unpaired) electrons. The SMILES string of the molecule is Cn1ccnc1SCC(=O)Nc1cccc(Cl)c1. The van der Waals surface area contributed by atoms with Crippen molar-refractivity contribution in [3.8, 4) is 0 Å². The molecule has 94 valence electrons. The summed E-state index contributed by atoms with van der Waals surface area (Å²) in [7, 11) is 1.89. The molecule has 0 bridgehead atoms. The van der Waals surface area contributed by atoms with Crippen molar-refractivity contribution in [2.75, 3.05) is 11.1 Å². The fourth-order valence-corrected chi connectivity index (χ4v) is 2.31. The van der Waals surface area contributed by atoms with Crippen molar-refractivity contribution in [1.82, 2.24) is 9.55 Å². The lowest BCUT2D eigenvalue weighted by atomic mass is 10.3. The summed E-state index contributed by atoms with van der Waals surface area (Å²) < 4.78 is 1.87. The lowest BCUT2D eigenvalue weighted by Gasteiger charge is -2.05. The van der Waals surface area contributed by atoms with Crippen molar-refractivity contribution in [1.29, 1.82) is 0 Å².